The van der Waals surface area contributed by atoms with Crippen LogP contribution >= 0.6 is 12.6 Å². The van der Waals surface area contributed by atoms with Crippen LogP contribution in [-0.4, -0.2) is 16.8 Å². The summed E-state index contributed by atoms with van der Waals surface area (Å²) in [6.45, 7) is 5.70. The van der Waals surface area contributed by atoms with Gasteiger partial charge in [0.1, 0.15) is 11.6 Å². The Kier molecular flexibility index (Phi) is 5.03. The molecule has 0 amide bonds. The molecule has 16 heavy (non-hydrogen) atoms. The summed E-state index contributed by atoms with van der Waals surface area (Å²) in [7, 11) is 0. The van der Waals surface area contributed by atoms with Crippen molar-refractivity contribution in [2.24, 2.45) is 17.8 Å². The molecule has 0 heterocycles. The van der Waals surface area contributed by atoms with Crippen LogP contribution in [0.5, 0.6) is 0 Å². The lowest BCUT2D eigenvalue weighted by Crippen LogP contribution is -2.32. The van der Waals surface area contributed by atoms with Crippen molar-refractivity contribution < 1.29 is 9.59 Å². The van der Waals surface area contributed by atoms with Gasteiger partial charge in [0.05, 0.1) is 5.25 Å². The minimum atomic E-state index is -0.196. The molecule has 0 saturated heterocycles. The Morgan fingerprint density at radius 3 is 2.00 bits per heavy atom. The Labute approximate surface area is 104 Å². The summed E-state index contributed by atoms with van der Waals surface area (Å²) < 4.78 is 0. The van der Waals surface area contributed by atoms with Crippen LogP contribution in [0.2, 0.25) is 0 Å². The smallest absolute Gasteiger partial charge is 0.148 e. The molecule has 1 fully saturated rings. The number of hydrogen-bond acceptors (Lipinski definition) is 3. The third-order valence-corrected chi connectivity index (χ3v) is 3.71. The van der Waals surface area contributed by atoms with E-state index in [2.05, 4.69) is 12.6 Å². The van der Waals surface area contributed by atoms with Crippen LogP contribution in [0, 0.1) is 17.8 Å². The van der Waals surface area contributed by atoms with Crippen molar-refractivity contribution in [3.05, 3.63) is 0 Å². The highest BCUT2D eigenvalue weighted by molar-refractivity contribution is 7.81. The molecule has 1 saturated carbocycles. The lowest BCUT2D eigenvalue weighted by Gasteiger charge is -2.29. The summed E-state index contributed by atoms with van der Waals surface area (Å²) in [4.78, 5) is 23.8. The van der Waals surface area contributed by atoms with Crippen molar-refractivity contribution in [1.29, 1.82) is 0 Å². The molecule has 0 bridgehead atoms. The fraction of sp³-hybridized carbons (Fsp3) is 0.846. The average molecular weight is 242 g/mol. The molecule has 0 aromatic heterocycles. The monoisotopic (exact) mass is 242 g/mol. The Bertz CT molecular complexity index is 245. The first-order valence-electron chi connectivity index (χ1n) is 6.19. The lowest BCUT2D eigenvalue weighted by atomic mass is 9.75. The normalized spacial score (nSPS) is 27.8. The van der Waals surface area contributed by atoms with E-state index in [1.54, 1.807) is 0 Å². The van der Waals surface area contributed by atoms with Gasteiger partial charge in [-0.25, -0.2) is 0 Å². The Morgan fingerprint density at radius 2 is 1.56 bits per heavy atom. The van der Waals surface area contributed by atoms with Crippen molar-refractivity contribution in [3.8, 4) is 0 Å². The summed E-state index contributed by atoms with van der Waals surface area (Å²) >= 11 is 4.19. The van der Waals surface area contributed by atoms with Crippen LogP contribution in [0.3, 0.4) is 0 Å². The van der Waals surface area contributed by atoms with Crippen LogP contribution in [0.4, 0.5) is 0 Å². The van der Waals surface area contributed by atoms with Gasteiger partial charge >= 0.3 is 0 Å². The third kappa shape index (κ3) is 3.34. The van der Waals surface area contributed by atoms with Gasteiger partial charge in [0, 0.05) is 17.8 Å². The van der Waals surface area contributed by atoms with Gasteiger partial charge < -0.3 is 0 Å². The van der Waals surface area contributed by atoms with Gasteiger partial charge in [-0.1, -0.05) is 20.3 Å². The van der Waals surface area contributed by atoms with Crippen LogP contribution in [0.1, 0.15) is 46.5 Å². The predicted molar refractivity (Wildman–Crippen MR) is 68.7 cm³/mol. The number of rotatable bonds is 4. The first kappa shape index (κ1) is 13.8. The molecule has 0 aliphatic heterocycles. The van der Waals surface area contributed by atoms with Crippen LogP contribution in [-0.2, 0) is 9.59 Å². The van der Waals surface area contributed by atoms with Crippen LogP contribution < -0.4 is 0 Å². The number of hydrogen-bond donors (Lipinski definition) is 1. The maximum atomic E-state index is 11.9. The summed E-state index contributed by atoms with van der Waals surface area (Å²) in [5.41, 5.74) is 0. The van der Waals surface area contributed by atoms with E-state index in [1.165, 1.54) is 0 Å². The van der Waals surface area contributed by atoms with Crippen molar-refractivity contribution in [2.45, 2.75) is 51.7 Å². The second-order valence-corrected chi connectivity index (χ2v) is 5.97. The molecular weight excluding hydrogens is 220 g/mol. The molecule has 0 radical (unpaired) electrons. The van der Waals surface area contributed by atoms with Crippen molar-refractivity contribution in [3.63, 3.8) is 0 Å². The molecule has 1 rings (SSSR count). The summed E-state index contributed by atoms with van der Waals surface area (Å²) in [5.74, 6) is 0.796. The molecule has 92 valence electrons. The van der Waals surface area contributed by atoms with E-state index >= 15 is 0 Å². The molecule has 0 N–H and O–H groups in total. The molecule has 3 heteroatoms. The minimum Gasteiger partial charge on any atom is -0.299 e. The van der Waals surface area contributed by atoms with Gasteiger partial charge in [0.25, 0.3) is 0 Å². The van der Waals surface area contributed by atoms with Gasteiger partial charge in [-0.3, -0.25) is 9.59 Å². The minimum absolute atomic E-state index is 0.0638. The lowest BCUT2D eigenvalue weighted by molar-refractivity contribution is -0.129. The number of ketones is 2. The Hall–Kier alpha value is -0.310. The zero-order valence-electron chi connectivity index (χ0n) is 10.4. The fourth-order valence-corrected chi connectivity index (χ4v) is 2.73. The number of thiol groups is 1. The molecule has 1 aliphatic rings. The van der Waals surface area contributed by atoms with Crippen molar-refractivity contribution >= 4 is 24.2 Å². The standard InChI is InChI=1S/C13H22O2S/c1-8(2)12(14)10-5-4-6-11(7-10)13(15)9(3)16/h8-11,16H,4-7H2,1-3H3. The Morgan fingerprint density at radius 1 is 1.06 bits per heavy atom. The topological polar surface area (TPSA) is 34.1 Å². The molecule has 0 spiro atoms. The third-order valence-electron chi connectivity index (χ3n) is 3.46. The van der Waals surface area contributed by atoms with Crippen molar-refractivity contribution in [2.75, 3.05) is 0 Å². The molecular formula is C13H22O2S. The van der Waals surface area contributed by atoms with Gasteiger partial charge in [0.15, 0.2) is 0 Å². The van der Waals surface area contributed by atoms with E-state index in [1.807, 2.05) is 20.8 Å². The molecule has 1 aliphatic carbocycles. The van der Waals surface area contributed by atoms with Gasteiger partial charge in [-0.2, -0.15) is 12.6 Å². The van der Waals surface area contributed by atoms with Crippen molar-refractivity contribution in [1.82, 2.24) is 0 Å². The quantitative estimate of drug-likeness (QED) is 0.769. The van der Waals surface area contributed by atoms with Gasteiger partial charge in [0.2, 0.25) is 0 Å². The molecule has 2 nitrogen and oxygen atoms in total. The Balaban J connectivity index is 2.60. The number of carbonyl (C=O) groups excluding carboxylic acids is 2. The number of Topliss-reactive ketones (excluding diaryl/α,β-unsaturated/α-hetero) is 2. The summed E-state index contributed by atoms with van der Waals surface area (Å²) in [5, 5.41) is -0.196. The maximum absolute atomic E-state index is 11.9. The molecule has 3 atom stereocenters. The van der Waals surface area contributed by atoms with Crippen LogP contribution in [0.15, 0.2) is 0 Å². The van der Waals surface area contributed by atoms with E-state index in [4.69, 9.17) is 0 Å². The highest BCUT2D eigenvalue weighted by Crippen LogP contribution is 2.32. The molecule has 0 aromatic rings. The van der Waals surface area contributed by atoms with E-state index < -0.39 is 0 Å². The largest absolute Gasteiger partial charge is 0.299 e. The van der Waals surface area contributed by atoms with E-state index in [0.29, 0.717) is 5.78 Å². The second kappa shape index (κ2) is 5.85. The first-order valence-corrected chi connectivity index (χ1v) is 6.70. The first-order chi connectivity index (χ1) is 7.43. The fourth-order valence-electron chi connectivity index (χ4n) is 2.52. The van der Waals surface area contributed by atoms with Gasteiger partial charge in [-0.05, 0) is 26.2 Å². The zero-order chi connectivity index (χ0) is 12.3. The van der Waals surface area contributed by atoms with Gasteiger partial charge in [-0.15, -0.1) is 0 Å². The summed E-state index contributed by atoms with van der Waals surface area (Å²) in [6, 6.07) is 0. The van der Waals surface area contributed by atoms with Crippen LogP contribution in [0.25, 0.3) is 0 Å². The predicted octanol–water partition coefficient (Wildman–Crippen LogP) is 2.91. The van der Waals surface area contributed by atoms with E-state index in [0.717, 1.165) is 25.7 Å². The average Bonchev–Trinajstić information content (AvgIpc) is 2.26. The number of carbonyl (C=O) groups is 2. The van der Waals surface area contributed by atoms with E-state index in [9.17, 15) is 9.59 Å². The van der Waals surface area contributed by atoms with E-state index in [-0.39, 0.29) is 28.8 Å². The zero-order valence-corrected chi connectivity index (χ0v) is 11.3. The maximum Gasteiger partial charge on any atom is 0.148 e. The highest BCUT2D eigenvalue weighted by Gasteiger charge is 2.32. The second-order valence-electron chi connectivity index (χ2n) is 5.20. The SMILES string of the molecule is CC(C)C(=O)C1CCCC(C(=O)C(C)S)C1. The molecule has 0 aromatic carbocycles. The highest BCUT2D eigenvalue weighted by atomic mass is 32.1. The summed E-state index contributed by atoms with van der Waals surface area (Å²) in [6.07, 6.45) is 3.65. The molecule has 3 unspecified atom stereocenters.